The number of aromatic nitrogens is 1. The molecule has 1 heterocycles. The summed E-state index contributed by atoms with van der Waals surface area (Å²) in [5.41, 5.74) is 5.82. The molecule has 104 valence electrons. The van der Waals surface area contributed by atoms with Crippen LogP contribution in [0.1, 0.15) is 28.1 Å². The van der Waals surface area contributed by atoms with Gasteiger partial charge in [0, 0.05) is 32.4 Å². The maximum absolute atomic E-state index is 12.4. The van der Waals surface area contributed by atoms with Crippen LogP contribution < -0.4 is 4.57 Å². The molecule has 0 radical (unpaired) electrons. The molecule has 0 fully saturated rings. The van der Waals surface area contributed by atoms with E-state index in [9.17, 15) is 4.79 Å². The Morgan fingerprint density at radius 1 is 0.900 bits per heavy atom. The van der Waals surface area contributed by atoms with Crippen molar-refractivity contribution in [3.63, 3.8) is 0 Å². The molecule has 0 saturated heterocycles. The topological polar surface area (TPSA) is 20.9 Å². The summed E-state index contributed by atoms with van der Waals surface area (Å²) in [6.45, 7) is 8.68. The zero-order valence-electron chi connectivity index (χ0n) is 12.7. The van der Waals surface area contributed by atoms with Crippen molar-refractivity contribution in [2.45, 2.75) is 40.7 Å². The van der Waals surface area contributed by atoms with Crippen LogP contribution in [0.5, 0.6) is 0 Å². The number of rotatable bonds is 4. The predicted molar refractivity (Wildman–Crippen MR) is 80.7 cm³/mol. The summed E-state index contributed by atoms with van der Waals surface area (Å²) in [5.74, 6) is 0.254. The minimum Gasteiger partial charge on any atom is -0.292 e. The van der Waals surface area contributed by atoms with Crippen LogP contribution in [0.3, 0.4) is 0 Å². The molecule has 0 atom stereocenters. The fraction of sp³-hybridized carbons (Fsp3) is 0.333. The minimum absolute atomic E-state index is 0.254. The lowest BCUT2D eigenvalue weighted by atomic mass is 9.98. The number of aryl methyl sites for hydroxylation is 4. The van der Waals surface area contributed by atoms with Crippen molar-refractivity contribution in [3.05, 3.63) is 64.5 Å². The molecule has 1 aromatic carbocycles. The van der Waals surface area contributed by atoms with Gasteiger partial charge in [-0.25, -0.2) is 0 Å². The summed E-state index contributed by atoms with van der Waals surface area (Å²) in [7, 11) is 0. The lowest BCUT2D eigenvalue weighted by molar-refractivity contribution is -0.696. The Morgan fingerprint density at radius 2 is 1.40 bits per heavy atom. The lowest BCUT2D eigenvalue weighted by Crippen LogP contribution is -2.44. The predicted octanol–water partition coefficient (Wildman–Crippen LogP) is 3.02. The number of hydrogen-bond acceptors (Lipinski definition) is 1. The number of ketones is 1. The van der Waals surface area contributed by atoms with Crippen LogP contribution in [-0.2, 0) is 17.8 Å². The molecule has 20 heavy (non-hydrogen) atoms. The highest BCUT2D eigenvalue weighted by atomic mass is 16.1. The Hall–Kier alpha value is -1.96. The molecule has 0 aliphatic heterocycles. The van der Waals surface area contributed by atoms with Crippen molar-refractivity contribution < 1.29 is 9.36 Å². The zero-order chi connectivity index (χ0) is 14.7. The molecule has 0 amide bonds. The Labute approximate surface area is 121 Å². The second kappa shape index (κ2) is 6.00. The summed E-state index contributed by atoms with van der Waals surface area (Å²) in [5, 5.41) is 0. The van der Waals surface area contributed by atoms with Gasteiger partial charge in [-0.2, -0.15) is 4.57 Å². The van der Waals surface area contributed by atoms with Gasteiger partial charge < -0.3 is 0 Å². The molecule has 0 saturated carbocycles. The Balaban J connectivity index is 2.18. The summed E-state index contributed by atoms with van der Waals surface area (Å²) in [6.07, 6.45) is 0.513. The summed E-state index contributed by atoms with van der Waals surface area (Å²) < 4.78 is 2.08. The molecule has 0 aliphatic rings. The molecular formula is C18H22NO+. The molecule has 2 rings (SSSR count). The van der Waals surface area contributed by atoms with E-state index >= 15 is 0 Å². The monoisotopic (exact) mass is 268 g/mol. The summed E-state index contributed by atoms with van der Waals surface area (Å²) >= 11 is 0. The van der Waals surface area contributed by atoms with Crippen LogP contribution in [0.15, 0.2) is 36.4 Å². The largest absolute Gasteiger partial charge is 0.292 e. The zero-order valence-corrected chi connectivity index (χ0v) is 12.7. The van der Waals surface area contributed by atoms with Crippen LogP contribution in [0.2, 0.25) is 0 Å². The SMILES string of the molecule is Cc1cccc(C)c1CC(=O)C[n+]1c(C)cccc1C. The third kappa shape index (κ3) is 3.13. The average Bonchev–Trinajstić information content (AvgIpc) is 2.39. The van der Waals surface area contributed by atoms with E-state index in [-0.39, 0.29) is 5.78 Å². The van der Waals surface area contributed by atoms with Crippen molar-refractivity contribution >= 4 is 5.78 Å². The van der Waals surface area contributed by atoms with Gasteiger partial charge in [0.25, 0.3) is 0 Å². The van der Waals surface area contributed by atoms with Gasteiger partial charge in [-0.1, -0.05) is 18.2 Å². The standard InChI is InChI=1S/C18H22NO/c1-13-7-5-8-14(2)18(13)11-17(20)12-19-15(3)9-6-10-16(19)4/h5-10H,11-12H2,1-4H3/q+1. The first-order valence-electron chi connectivity index (χ1n) is 7.02. The minimum atomic E-state index is 0.254. The van der Waals surface area contributed by atoms with Crippen LogP contribution in [-0.4, -0.2) is 5.78 Å². The molecule has 1 aromatic heterocycles. The van der Waals surface area contributed by atoms with E-state index in [0.717, 1.165) is 11.4 Å². The number of nitrogens with zero attached hydrogens (tertiary/aromatic N) is 1. The highest BCUT2D eigenvalue weighted by molar-refractivity contribution is 5.80. The molecule has 0 spiro atoms. The van der Waals surface area contributed by atoms with Crippen molar-refractivity contribution in [1.82, 2.24) is 0 Å². The Kier molecular flexibility index (Phi) is 4.33. The highest BCUT2D eigenvalue weighted by Gasteiger charge is 2.16. The molecule has 2 aromatic rings. The van der Waals surface area contributed by atoms with Gasteiger partial charge in [0.05, 0.1) is 0 Å². The van der Waals surface area contributed by atoms with E-state index in [4.69, 9.17) is 0 Å². The van der Waals surface area contributed by atoms with E-state index < -0.39 is 0 Å². The molecule has 0 bridgehead atoms. The second-order valence-corrected chi connectivity index (χ2v) is 5.48. The van der Waals surface area contributed by atoms with Gasteiger partial charge in [0.15, 0.2) is 11.4 Å². The molecule has 0 aliphatic carbocycles. The average molecular weight is 268 g/mol. The maximum atomic E-state index is 12.4. The quantitative estimate of drug-likeness (QED) is 0.781. The smallest absolute Gasteiger partial charge is 0.207 e. The molecule has 2 nitrogen and oxygen atoms in total. The molecule has 2 heteroatoms. The van der Waals surface area contributed by atoms with E-state index in [1.54, 1.807) is 0 Å². The van der Waals surface area contributed by atoms with Crippen LogP contribution >= 0.6 is 0 Å². The number of Topliss-reactive ketones (excluding diaryl/α,β-unsaturated/α-hetero) is 1. The normalized spacial score (nSPS) is 10.6. The van der Waals surface area contributed by atoms with Gasteiger partial charge in [-0.05, 0) is 36.6 Å². The van der Waals surface area contributed by atoms with Crippen molar-refractivity contribution in [2.24, 2.45) is 0 Å². The van der Waals surface area contributed by atoms with Crippen LogP contribution in [0, 0.1) is 27.7 Å². The van der Waals surface area contributed by atoms with Crippen LogP contribution in [0.25, 0.3) is 0 Å². The van der Waals surface area contributed by atoms with E-state index in [1.807, 2.05) is 38.1 Å². The third-order valence-corrected chi connectivity index (χ3v) is 3.88. The van der Waals surface area contributed by atoms with Crippen molar-refractivity contribution in [1.29, 1.82) is 0 Å². The third-order valence-electron chi connectivity index (χ3n) is 3.88. The Bertz CT molecular complexity index is 548. The number of carbonyl (C=O) groups excluding carboxylic acids is 1. The van der Waals surface area contributed by atoms with Gasteiger partial charge in [-0.3, -0.25) is 4.79 Å². The van der Waals surface area contributed by atoms with Gasteiger partial charge in [0.2, 0.25) is 12.3 Å². The van der Waals surface area contributed by atoms with Crippen molar-refractivity contribution in [3.8, 4) is 0 Å². The number of hydrogen-bond donors (Lipinski definition) is 0. The van der Waals surface area contributed by atoms with Crippen molar-refractivity contribution in [2.75, 3.05) is 0 Å². The fourth-order valence-corrected chi connectivity index (χ4v) is 2.59. The van der Waals surface area contributed by atoms with E-state index in [0.29, 0.717) is 13.0 Å². The fourth-order valence-electron chi connectivity index (χ4n) is 2.59. The van der Waals surface area contributed by atoms with E-state index in [1.165, 1.54) is 16.7 Å². The van der Waals surface area contributed by atoms with Crippen LogP contribution in [0.4, 0.5) is 0 Å². The van der Waals surface area contributed by atoms with E-state index in [2.05, 4.69) is 30.5 Å². The first-order valence-corrected chi connectivity index (χ1v) is 7.02. The first kappa shape index (κ1) is 14.4. The second-order valence-electron chi connectivity index (χ2n) is 5.48. The van der Waals surface area contributed by atoms with Gasteiger partial charge in [-0.15, -0.1) is 0 Å². The molecule has 0 unspecified atom stereocenters. The number of carbonyl (C=O) groups is 1. The number of pyridine rings is 1. The molecular weight excluding hydrogens is 246 g/mol. The van der Waals surface area contributed by atoms with Gasteiger partial charge in [0.1, 0.15) is 0 Å². The number of benzene rings is 1. The first-order chi connectivity index (χ1) is 9.49. The summed E-state index contributed by atoms with van der Waals surface area (Å²) in [4.78, 5) is 12.4. The Morgan fingerprint density at radius 3 is 1.95 bits per heavy atom. The maximum Gasteiger partial charge on any atom is 0.207 e. The lowest BCUT2D eigenvalue weighted by Gasteiger charge is -2.08. The highest BCUT2D eigenvalue weighted by Crippen LogP contribution is 2.14. The molecule has 0 N–H and O–H groups in total. The summed E-state index contributed by atoms with van der Waals surface area (Å²) in [6, 6.07) is 12.3. The van der Waals surface area contributed by atoms with Gasteiger partial charge >= 0.3 is 0 Å².